The molecule has 3 rings (SSSR count). The first kappa shape index (κ1) is 16.7. The number of benzene rings is 2. The fourth-order valence-electron chi connectivity index (χ4n) is 3.26. The molecule has 1 aliphatic rings. The third-order valence-corrected chi connectivity index (χ3v) is 4.53. The Balaban J connectivity index is 1.51. The fraction of sp³-hybridized carbons (Fsp3) is 0.350. The Morgan fingerprint density at radius 1 is 1.08 bits per heavy atom. The van der Waals surface area contributed by atoms with E-state index in [1.807, 2.05) is 30.3 Å². The van der Waals surface area contributed by atoms with E-state index in [0.717, 1.165) is 32.6 Å². The molecule has 1 saturated heterocycles. The Labute approximate surface area is 143 Å². The molecule has 2 atom stereocenters. The molecule has 1 heterocycles. The minimum Gasteiger partial charge on any atom is -0.392 e. The summed E-state index contributed by atoms with van der Waals surface area (Å²) >= 11 is 0. The maximum absolute atomic E-state index is 10.0. The molecule has 2 unspecified atom stereocenters. The third-order valence-electron chi connectivity index (χ3n) is 4.53. The van der Waals surface area contributed by atoms with Gasteiger partial charge in [-0.3, -0.25) is 4.90 Å². The van der Waals surface area contributed by atoms with Crippen LogP contribution in [0.1, 0.15) is 23.1 Å². The van der Waals surface area contributed by atoms with Crippen LogP contribution in [-0.4, -0.2) is 35.2 Å². The van der Waals surface area contributed by atoms with Crippen LogP contribution in [0.15, 0.2) is 54.6 Å². The summed E-state index contributed by atoms with van der Waals surface area (Å²) in [7, 11) is 0. The Morgan fingerprint density at radius 3 is 2.54 bits per heavy atom. The van der Waals surface area contributed by atoms with Crippen LogP contribution in [0, 0.1) is 11.3 Å². The fourth-order valence-corrected chi connectivity index (χ4v) is 3.26. The van der Waals surface area contributed by atoms with E-state index >= 15 is 0 Å². The molecular formula is C20H23N3O. The highest BCUT2D eigenvalue weighted by Crippen LogP contribution is 2.20. The molecule has 4 nitrogen and oxygen atoms in total. The number of aliphatic hydroxyl groups excluding tert-OH is 1. The molecule has 2 aromatic carbocycles. The van der Waals surface area contributed by atoms with Gasteiger partial charge in [-0.05, 0) is 29.7 Å². The van der Waals surface area contributed by atoms with Crippen LogP contribution >= 0.6 is 0 Å². The van der Waals surface area contributed by atoms with Gasteiger partial charge in [0.25, 0.3) is 0 Å². The summed E-state index contributed by atoms with van der Waals surface area (Å²) in [5.41, 5.74) is 3.14. The first-order valence-electron chi connectivity index (χ1n) is 8.40. The average Bonchev–Trinajstić information content (AvgIpc) is 2.96. The lowest BCUT2D eigenvalue weighted by Gasteiger charge is -2.24. The Bertz CT molecular complexity index is 678. The molecule has 2 aromatic rings. The molecule has 1 fully saturated rings. The standard InChI is InChI=1S/C20H23N3O/c21-11-16-6-8-17(9-7-16)12-22-13-19-10-20(24)15-23(19)14-18-4-2-1-3-5-18/h1-9,19-20,22,24H,10,12-15H2. The lowest BCUT2D eigenvalue weighted by molar-refractivity contribution is 0.172. The quantitative estimate of drug-likeness (QED) is 0.857. The normalized spacial score (nSPS) is 20.8. The topological polar surface area (TPSA) is 59.3 Å². The van der Waals surface area contributed by atoms with E-state index in [0.29, 0.717) is 11.6 Å². The lowest BCUT2D eigenvalue weighted by Crippen LogP contribution is -2.37. The van der Waals surface area contributed by atoms with Gasteiger partial charge < -0.3 is 10.4 Å². The minimum atomic E-state index is -0.240. The summed E-state index contributed by atoms with van der Waals surface area (Å²) in [6.45, 7) is 3.24. The summed E-state index contributed by atoms with van der Waals surface area (Å²) in [4.78, 5) is 2.35. The van der Waals surface area contributed by atoms with Crippen LogP contribution in [0.3, 0.4) is 0 Å². The van der Waals surface area contributed by atoms with E-state index in [1.165, 1.54) is 11.1 Å². The number of aliphatic hydroxyl groups is 1. The smallest absolute Gasteiger partial charge is 0.0991 e. The van der Waals surface area contributed by atoms with E-state index in [1.54, 1.807) is 0 Å². The average molecular weight is 321 g/mol. The molecule has 24 heavy (non-hydrogen) atoms. The van der Waals surface area contributed by atoms with Crippen molar-refractivity contribution in [3.05, 3.63) is 71.3 Å². The molecule has 124 valence electrons. The van der Waals surface area contributed by atoms with Crippen molar-refractivity contribution in [2.45, 2.75) is 31.7 Å². The summed E-state index contributed by atoms with van der Waals surface area (Å²) in [5.74, 6) is 0. The van der Waals surface area contributed by atoms with Crippen molar-refractivity contribution in [1.82, 2.24) is 10.2 Å². The second-order valence-electron chi connectivity index (χ2n) is 6.40. The van der Waals surface area contributed by atoms with Crippen molar-refractivity contribution < 1.29 is 5.11 Å². The molecular weight excluding hydrogens is 298 g/mol. The van der Waals surface area contributed by atoms with Crippen LogP contribution in [0.4, 0.5) is 0 Å². The highest BCUT2D eigenvalue weighted by Gasteiger charge is 2.30. The predicted molar refractivity (Wildman–Crippen MR) is 94.1 cm³/mol. The zero-order chi connectivity index (χ0) is 16.8. The number of nitrogens with zero attached hydrogens (tertiary/aromatic N) is 2. The van der Waals surface area contributed by atoms with Crippen molar-refractivity contribution in [2.75, 3.05) is 13.1 Å². The lowest BCUT2D eigenvalue weighted by atomic mass is 10.1. The summed E-state index contributed by atoms with van der Waals surface area (Å²) in [6.07, 6.45) is 0.572. The van der Waals surface area contributed by atoms with Gasteiger partial charge in [-0.15, -0.1) is 0 Å². The van der Waals surface area contributed by atoms with E-state index in [2.05, 4.69) is 40.6 Å². The van der Waals surface area contributed by atoms with Gasteiger partial charge in [0.2, 0.25) is 0 Å². The highest BCUT2D eigenvalue weighted by atomic mass is 16.3. The zero-order valence-corrected chi connectivity index (χ0v) is 13.7. The van der Waals surface area contributed by atoms with Crippen LogP contribution < -0.4 is 5.32 Å². The van der Waals surface area contributed by atoms with Crippen LogP contribution in [0.5, 0.6) is 0 Å². The second-order valence-corrected chi connectivity index (χ2v) is 6.40. The summed E-state index contributed by atoms with van der Waals surface area (Å²) in [5, 5.41) is 22.3. The van der Waals surface area contributed by atoms with Gasteiger partial charge in [-0.2, -0.15) is 5.26 Å². The molecule has 1 aliphatic heterocycles. The van der Waals surface area contributed by atoms with Gasteiger partial charge in [-0.25, -0.2) is 0 Å². The van der Waals surface area contributed by atoms with Gasteiger partial charge in [0.1, 0.15) is 0 Å². The van der Waals surface area contributed by atoms with Crippen LogP contribution in [0.25, 0.3) is 0 Å². The number of rotatable bonds is 6. The molecule has 0 bridgehead atoms. The molecule has 0 saturated carbocycles. The first-order valence-corrected chi connectivity index (χ1v) is 8.40. The number of nitrogens with one attached hydrogen (secondary N) is 1. The van der Waals surface area contributed by atoms with E-state index in [-0.39, 0.29) is 6.10 Å². The van der Waals surface area contributed by atoms with E-state index < -0.39 is 0 Å². The molecule has 0 amide bonds. The van der Waals surface area contributed by atoms with Crippen molar-refractivity contribution in [2.24, 2.45) is 0 Å². The maximum Gasteiger partial charge on any atom is 0.0991 e. The Morgan fingerprint density at radius 2 is 1.83 bits per heavy atom. The molecule has 2 N–H and O–H groups in total. The highest BCUT2D eigenvalue weighted by molar-refractivity contribution is 5.31. The number of β-amino-alcohol motifs (C(OH)–C–C–N with tert-alkyl or cyclic N) is 1. The largest absolute Gasteiger partial charge is 0.392 e. The van der Waals surface area contributed by atoms with Gasteiger partial charge in [-0.1, -0.05) is 42.5 Å². The molecule has 0 radical (unpaired) electrons. The van der Waals surface area contributed by atoms with Crippen molar-refractivity contribution in [3.8, 4) is 6.07 Å². The number of nitriles is 1. The molecule has 0 aliphatic carbocycles. The van der Waals surface area contributed by atoms with E-state index in [4.69, 9.17) is 5.26 Å². The van der Waals surface area contributed by atoms with Gasteiger partial charge >= 0.3 is 0 Å². The number of hydrogen-bond donors (Lipinski definition) is 2. The number of likely N-dealkylation sites (tertiary alicyclic amines) is 1. The predicted octanol–water partition coefficient (Wildman–Crippen LogP) is 2.28. The minimum absolute atomic E-state index is 0.240. The van der Waals surface area contributed by atoms with Crippen molar-refractivity contribution >= 4 is 0 Å². The third kappa shape index (κ3) is 4.42. The first-order chi connectivity index (χ1) is 11.7. The van der Waals surface area contributed by atoms with Gasteiger partial charge in [0, 0.05) is 32.2 Å². The summed E-state index contributed by atoms with van der Waals surface area (Å²) < 4.78 is 0. The second kappa shape index (κ2) is 8.07. The molecule has 0 aromatic heterocycles. The number of hydrogen-bond acceptors (Lipinski definition) is 4. The summed E-state index contributed by atoms with van der Waals surface area (Å²) in [6, 6.07) is 20.5. The Hall–Kier alpha value is -2.19. The van der Waals surface area contributed by atoms with Gasteiger partial charge in [0.15, 0.2) is 0 Å². The zero-order valence-electron chi connectivity index (χ0n) is 13.7. The van der Waals surface area contributed by atoms with Crippen molar-refractivity contribution in [3.63, 3.8) is 0 Å². The van der Waals surface area contributed by atoms with Crippen molar-refractivity contribution in [1.29, 1.82) is 5.26 Å². The molecule has 0 spiro atoms. The maximum atomic E-state index is 10.0. The van der Waals surface area contributed by atoms with Crippen LogP contribution in [0.2, 0.25) is 0 Å². The van der Waals surface area contributed by atoms with Crippen LogP contribution in [-0.2, 0) is 13.1 Å². The SMILES string of the molecule is N#Cc1ccc(CNCC2CC(O)CN2Cc2ccccc2)cc1. The monoisotopic (exact) mass is 321 g/mol. The molecule has 4 heteroatoms. The van der Waals surface area contributed by atoms with E-state index in [9.17, 15) is 5.11 Å². The van der Waals surface area contributed by atoms with Gasteiger partial charge in [0.05, 0.1) is 17.7 Å². The Kier molecular flexibility index (Phi) is 5.60.